The summed E-state index contributed by atoms with van der Waals surface area (Å²) in [6.07, 6.45) is 3.91. The van der Waals surface area contributed by atoms with E-state index in [2.05, 4.69) is 4.74 Å². The Labute approximate surface area is 128 Å². The number of hydrogen-bond donors (Lipinski definition) is 0. The van der Waals surface area contributed by atoms with E-state index < -0.39 is 6.61 Å². The summed E-state index contributed by atoms with van der Waals surface area (Å²) in [5.41, 5.74) is 1.68. The van der Waals surface area contributed by atoms with Crippen molar-refractivity contribution in [3.05, 3.63) is 23.8 Å². The molecule has 1 aromatic carbocycles. The van der Waals surface area contributed by atoms with Crippen molar-refractivity contribution >= 4 is 11.6 Å². The maximum atomic E-state index is 12.5. The average molecular weight is 311 g/mol. The highest BCUT2D eigenvalue weighted by Gasteiger charge is 2.27. The zero-order valence-corrected chi connectivity index (χ0v) is 12.3. The number of ether oxygens (including phenoxy) is 2. The lowest BCUT2D eigenvalue weighted by Crippen LogP contribution is -2.37. The average Bonchev–Trinajstić information content (AvgIpc) is 2.98. The van der Waals surface area contributed by atoms with Gasteiger partial charge in [-0.15, -0.1) is 0 Å². The van der Waals surface area contributed by atoms with Crippen LogP contribution in [0.1, 0.15) is 31.2 Å². The van der Waals surface area contributed by atoms with Crippen molar-refractivity contribution in [2.75, 3.05) is 18.1 Å². The predicted octanol–water partition coefficient (Wildman–Crippen LogP) is 3.14. The van der Waals surface area contributed by atoms with Gasteiger partial charge < -0.3 is 14.4 Å². The number of rotatable bonds is 4. The monoisotopic (exact) mass is 311 g/mol. The van der Waals surface area contributed by atoms with E-state index in [0.717, 1.165) is 43.5 Å². The van der Waals surface area contributed by atoms with Crippen molar-refractivity contribution in [1.82, 2.24) is 0 Å². The summed E-state index contributed by atoms with van der Waals surface area (Å²) < 4.78 is 34.5. The van der Waals surface area contributed by atoms with Gasteiger partial charge in [0.2, 0.25) is 5.91 Å². The third kappa shape index (κ3) is 3.38. The van der Waals surface area contributed by atoms with E-state index in [1.807, 2.05) is 0 Å². The maximum Gasteiger partial charge on any atom is 0.387 e. The van der Waals surface area contributed by atoms with Crippen LogP contribution in [0.2, 0.25) is 0 Å². The Morgan fingerprint density at radius 3 is 3.00 bits per heavy atom. The highest BCUT2D eigenvalue weighted by atomic mass is 19.3. The number of aryl methyl sites for hydroxylation is 1. The third-order valence-corrected chi connectivity index (χ3v) is 4.12. The number of nitrogens with zero attached hydrogens (tertiary/aromatic N) is 1. The second-order valence-corrected chi connectivity index (χ2v) is 5.66. The quantitative estimate of drug-likeness (QED) is 0.857. The molecule has 0 bridgehead atoms. The van der Waals surface area contributed by atoms with E-state index in [0.29, 0.717) is 13.0 Å². The van der Waals surface area contributed by atoms with Crippen molar-refractivity contribution in [2.45, 2.75) is 44.8 Å². The number of carbonyl (C=O) groups is 1. The van der Waals surface area contributed by atoms with Gasteiger partial charge in [0.05, 0.1) is 12.5 Å². The molecule has 0 aromatic heterocycles. The number of alkyl halides is 2. The first-order valence-electron chi connectivity index (χ1n) is 7.63. The van der Waals surface area contributed by atoms with Gasteiger partial charge >= 0.3 is 6.61 Å². The number of anilines is 1. The number of carbonyl (C=O) groups excluding carboxylic acids is 1. The molecule has 3 rings (SSSR count). The minimum absolute atomic E-state index is 0.0133. The molecule has 0 saturated carbocycles. The zero-order valence-electron chi connectivity index (χ0n) is 12.3. The van der Waals surface area contributed by atoms with E-state index in [-0.39, 0.29) is 17.8 Å². The van der Waals surface area contributed by atoms with E-state index >= 15 is 0 Å². The molecule has 1 aromatic rings. The van der Waals surface area contributed by atoms with Gasteiger partial charge in [0.15, 0.2) is 0 Å². The fourth-order valence-corrected chi connectivity index (χ4v) is 3.12. The molecule has 22 heavy (non-hydrogen) atoms. The lowest BCUT2D eigenvalue weighted by molar-refractivity contribution is -0.120. The number of hydrogen-bond acceptors (Lipinski definition) is 3. The largest absolute Gasteiger partial charge is 0.435 e. The van der Waals surface area contributed by atoms with Crippen LogP contribution >= 0.6 is 0 Å². The summed E-state index contributed by atoms with van der Waals surface area (Å²) >= 11 is 0. The summed E-state index contributed by atoms with van der Waals surface area (Å²) in [7, 11) is 0. The van der Waals surface area contributed by atoms with Gasteiger partial charge in [-0.2, -0.15) is 8.78 Å². The molecule has 120 valence electrons. The van der Waals surface area contributed by atoms with E-state index in [1.165, 1.54) is 6.07 Å². The molecule has 4 nitrogen and oxygen atoms in total. The van der Waals surface area contributed by atoms with Crippen LogP contribution in [0.5, 0.6) is 5.75 Å². The molecule has 1 atom stereocenters. The molecule has 1 unspecified atom stereocenters. The lowest BCUT2D eigenvalue weighted by Gasteiger charge is -2.30. The molecule has 0 aliphatic carbocycles. The molecular formula is C16H19F2NO3. The van der Waals surface area contributed by atoms with Gasteiger partial charge in [0.25, 0.3) is 0 Å². The van der Waals surface area contributed by atoms with Crippen LogP contribution in [0.3, 0.4) is 0 Å². The molecule has 2 aliphatic heterocycles. The SMILES string of the molecule is O=C(CC1CCCO1)N1CCCc2cc(OC(F)F)ccc21. The molecule has 6 heteroatoms. The Kier molecular flexibility index (Phi) is 4.57. The van der Waals surface area contributed by atoms with Crippen molar-refractivity contribution in [2.24, 2.45) is 0 Å². The first-order chi connectivity index (χ1) is 10.6. The Balaban J connectivity index is 1.74. The Morgan fingerprint density at radius 2 is 2.27 bits per heavy atom. The fraction of sp³-hybridized carbons (Fsp3) is 0.562. The number of halogens is 2. The summed E-state index contributed by atoms with van der Waals surface area (Å²) in [6.45, 7) is -1.45. The van der Waals surface area contributed by atoms with Crippen LogP contribution in [-0.4, -0.2) is 31.8 Å². The highest BCUT2D eigenvalue weighted by molar-refractivity contribution is 5.95. The van der Waals surface area contributed by atoms with Crippen LogP contribution in [0.4, 0.5) is 14.5 Å². The molecule has 1 saturated heterocycles. The molecule has 0 radical (unpaired) electrons. The smallest absolute Gasteiger partial charge is 0.387 e. The van der Waals surface area contributed by atoms with Gasteiger partial charge in [-0.3, -0.25) is 4.79 Å². The zero-order chi connectivity index (χ0) is 15.5. The van der Waals surface area contributed by atoms with Gasteiger partial charge in [-0.1, -0.05) is 0 Å². The Morgan fingerprint density at radius 1 is 1.41 bits per heavy atom. The van der Waals surface area contributed by atoms with E-state index in [9.17, 15) is 13.6 Å². The number of fused-ring (bicyclic) bond motifs is 1. The molecule has 1 fully saturated rings. The Hall–Kier alpha value is -1.69. The Bertz CT molecular complexity index is 544. The normalized spacial score (nSPS) is 21.0. The molecular weight excluding hydrogens is 292 g/mol. The molecule has 1 amide bonds. The van der Waals surface area contributed by atoms with Crippen molar-refractivity contribution in [3.8, 4) is 5.75 Å². The summed E-state index contributed by atoms with van der Waals surface area (Å²) in [5, 5.41) is 0. The summed E-state index contributed by atoms with van der Waals surface area (Å²) in [4.78, 5) is 14.2. The van der Waals surface area contributed by atoms with Gasteiger partial charge in [0, 0.05) is 18.8 Å². The van der Waals surface area contributed by atoms with Crippen molar-refractivity contribution < 1.29 is 23.0 Å². The predicted molar refractivity (Wildman–Crippen MR) is 77.3 cm³/mol. The van der Waals surface area contributed by atoms with Gasteiger partial charge in [-0.25, -0.2) is 0 Å². The van der Waals surface area contributed by atoms with Crippen LogP contribution in [-0.2, 0) is 16.0 Å². The van der Waals surface area contributed by atoms with Gasteiger partial charge in [0.1, 0.15) is 5.75 Å². The molecule has 2 heterocycles. The number of amides is 1. The van der Waals surface area contributed by atoms with Crippen LogP contribution in [0, 0.1) is 0 Å². The van der Waals surface area contributed by atoms with Crippen LogP contribution < -0.4 is 9.64 Å². The second kappa shape index (κ2) is 6.60. The standard InChI is InChI=1S/C16H19F2NO3/c17-16(18)22-13-5-6-14-11(9-13)3-1-7-19(14)15(20)10-12-4-2-8-21-12/h5-6,9,12,16H,1-4,7-8,10H2. The first kappa shape index (κ1) is 15.2. The number of benzene rings is 1. The third-order valence-electron chi connectivity index (χ3n) is 4.12. The van der Waals surface area contributed by atoms with Crippen LogP contribution in [0.15, 0.2) is 18.2 Å². The molecule has 0 spiro atoms. The van der Waals surface area contributed by atoms with E-state index in [1.54, 1.807) is 17.0 Å². The summed E-state index contributed by atoms with van der Waals surface area (Å²) in [5.74, 6) is 0.178. The fourth-order valence-electron chi connectivity index (χ4n) is 3.12. The summed E-state index contributed by atoms with van der Waals surface area (Å²) in [6, 6.07) is 4.79. The van der Waals surface area contributed by atoms with Crippen molar-refractivity contribution in [3.63, 3.8) is 0 Å². The molecule has 0 N–H and O–H groups in total. The minimum atomic E-state index is -2.83. The lowest BCUT2D eigenvalue weighted by atomic mass is 10.0. The van der Waals surface area contributed by atoms with E-state index in [4.69, 9.17) is 4.74 Å². The molecule has 2 aliphatic rings. The van der Waals surface area contributed by atoms with Crippen molar-refractivity contribution in [1.29, 1.82) is 0 Å². The second-order valence-electron chi connectivity index (χ2n) is 5.66. The maximum absolute atomic E-state index is 12.5. The van der Waals surface area contributed by atoms with Crippen LogP contribution in [0.25, 0.3) is 0 Å². The first-order valence-corrected chi connectivity index (χ1v) is 7.63. The van der Waals surface area contributed by atoms with Gasteiger partial charge in [-0.05, 0) is 49.4 Å². The minimum Gasteiger partial charge on any atom is -0.435 e. The topological polar surface area (TPSA) is 38.8 Å². The highest BCUT2D eigenvalue weighted by Crippen LogP contribution is 2.32.